The van der Waals surface area contributed by atoms with Gasteiger partial charge in [-0.2, -0.15) is 0 Å². The van der Waals surface area contributed by atoms with E-state index in [0.717, 1.165) is 0 Å². The summed E-state index contributed by atoms with van der Waals surface area (Å²) in [6, 6.07) is 5.92. The Hall–Kier alpha value is -1.60. The molecule has 1 fully saturated rings. The second kappa shape index (κ2) is 6.44. The number of amides is 1. The second-order valence-electron chi connectivity index (χ2n) is 4.72. The molecule has 0 aromatic heterocycles. The van der Waals surface area contributed by atoms with Crippen LogP contribution in [-0.4, -0.2) is 44.4 Å². The van der Waals surface area contributed by atoms with Gasteiger partial charge >= 0.3 is 5.97 Å². The van der Waals surface area contributed by atoms with E-state index in [0.29, 0.717) is 6.42 Å². The second-order valence-corrected chi connectivity index (χ2v) is 7.36. The summed E-state index contributed by atoms with van der Waals surface area (Å²) in [5.74, 6) is -1.23. The maximum absolute atomic E-state index is 11.7. The van der Waals surface area contributed by atoms with Crippen molar-refractivity contribution in [2.75, 3.05) is 18.1 Å². The van der Waals surface area contributed by atoms with Crippen molar-refractivity contribution in [2.45, 2.75) is 12.5 Å². The molecule has 1 aromatic carbocycles. The number of nitrogens with one attached hydrogen (secondary N) is 1. The average molecular weight is 332 g/mol. The Bertz CT molecular complexity index is 658. The van der Waals surface area contributed by atoms with Gasteiger partial charge in [0.2, 0.25) is 0 Å². The summed E-state index contributed by atoms with van der Waals surface area (Å²) in [4.78, 5) is 23.3. The monoisotopic (exact) mass is 331 g/mol. The SMILES string of the molecule is O=C(COC(=O)c1ccccc1Cl)N[C@@H]1CCS(=O)(=O)C1. The van der Waals surface area contributed by atoms with E-state index in [1.165, 1.54) is 6.07 Å². The third-order valence-electron chi connectivity index (χ3n) is 3.03. The molecular formula is C13H14ClNO5S. The van der Waals surface area contributed by atoms with Gasteiger partial charge in [-0.25, -0.2) is 13.2 Å². The van der Waals surface area contributed by atoms with Crippen molar-refractivity contribution in [1.82, 2.24) is 5.32 Å². The van der Waals surface area contributed by atoms with Gasteiger partial charge in [0.05, 0.1) is 22.1 Å². The minimum Gasteiger partial charge on any atom is -0.452 e. The van der Waals surface area contributed by atoms with Crippen LogP contribution >= 0.6 is 11.6 Å². The highest BCUT2D eigenvalue weighted by Crippen LogP contribution is 2.16. The minimum atomic E-state index is -3.06. The van der Waals surface area contributed by atoms with Gasteiger partial charge in [-0.05, 0) is 18.6 Å². The fourth-order valence-electron chi connectivity index (χ4n) is 2.01. The molecule has 1 atom stereocenters. The lowest BCUT2D eigenvalue weighted by atomic mass is 10.2. The van der Waals surface area contributed by atoms with Crippen LogP contribution in [0.15, 0.2) is 24.3 Å². The van der Waals surface area contributed by atoms with Crippen LogP contribution in [0.3, 0.4) is 0 Å². The van der Waals surface area contributed by atoms with Gasteiger partial charge in [0.15, 0.2) is 16.4 Å². The number of benzene rings is 1. The van der Waals surface area contributed by atoms with E-state index in [4.69, 9.17) is 16.3 Å². The molecular weight excluding hydrogens is 318 g/mol. The zero-order valence-electron chi connectivity index (χ0n) is 11.0. The van der Waals surface area contributed by atoms with Gasteiger partial charge in [0.1, 0.15) is 0 Å². The van der Waals surface area contributed by atoms with Crippen LogP contribution in [0.4, 0.5) is 0 Å². The topological polar surface area (TPSA) is 89.5 Å². The van der Waals surface area contributed by atoms with Gasteiger partial charge in [0.25, 0.3) is 5.91 Å². The molecule has 114 valence electrons. The summed E-state index contributed by atoms with van der Waals surface area (Å²) in [6.07, 6.45) is 0.381. The maximum Gasteiger partial charge on any atom is 0.340 e. The number of hydrogen-bond acceptors (Lipinski definition) is 5. The van der Waals surface area contributed by atoms with Gasteiger partial charge < -0.3 is 10.1 Å². The van der Waals surface area contributed by atoms with Crippen molar-refractivity contribution in [3.05, 3.63) is 34.9 Å². The van der Waals surface area contributed by atoms with Crippen molar-refractivity contribution in [1.29, 1.82) is 0 Å². The van der Waals surface area contributed by atoms with Crippen LogP contribution in [0.25, 0.3) is 0 Å². The third-order valence-corrected chi connectivity index (χ3v) is 5.12. The van der Waals surface area contributed by atoms with Crippen LogP contribution in [0, 0.1) is 0 Å². The summed E-state index contributed by atoms with van der Waals surface area (Å²) in [6.45, 7) is -0.472. The first-order valence-corrected chi connectivity index (χ1v) is 8.49. The van der Waals surface area contributed by atoms with Crippen LogP contribution in [0.2, 0.25) is 5.02 Å². The molecule has 2 rings (SSSR count). The Balaban J connectivity index is 1.82. The number of carbonyl (C=O) groups is 2. The first-order chi connectivity index (χ1) is 9.87. The van der Waals surface area contributed by atoms with Crippen molar-refractivity contribution < 1.29 is 22.7 Å². The maximum atomic E-state index is 11.7. The summed E-state index contributed by atoms with van der Waals surface area (Å²) in [5.41, 5.74) is 0.176. The first-order valence-electron chi connectivity index (χ1n) is 6.29. The van der Waals surface area contributed by atoms with Crippen molar-refractivity contribution in [2.24, 2.45) is 0 Å². The summed E-state index contributed by atoms with van der Waals surface area (Å²) in [5, 5.41) is 2.77. The van der Waals surface area contributed by atoms with Crippen LogP contribution in [0.5, 0.6) is 0 Å². The number of hydrogen-bond donors (Lipinski definition) is 1. The number of esters is 1. The highest BCUT2D eigenvalue weighted by molar-refractivity contribution is 7.91. The zero-order valence-corrected chi connectivity index (χ0v) is 12.6. The lowest BCUT2D eigenvalue weighted by Crippen LogP contribution is -2.38. The normalized spacial score (nSPS) is 20.0. The Morgan fingerprint density at radius 2 is 2.05 bits per heavy atom. The molecule has 0 aliphatic carbocycles. The van der Waals surface area contributed by atoms with Gasteiger partial charge in [-0.3, -0.25) is 4.79 Å². The number of sulfone groups is 1. The van der Waals surface area contributed by atoms with E-state index in [9.17, 15) is 18.0 Å². The Kier molecular flexibility index (Phi) is 4.84. The van der Waals surface area contributed by atoms with Crippen molar-refractivity contribution >= 4 is 33.3 Å². The van der Waals surface area contributed by atoms with E-state index in [1.807, 2.05) is 0 Å². The molecule has 1 aromatic rings. The molecule has 6 nitrogen and oxygen atoms in total. The van der Waals surface area contributed by atoms with E-state index in [-0.39, 0.29) is 22.1 Å². The molecule has 0 bridgehead atoms. The highest BCUT2D eigenvalue weighted by atomic mass is 35.5. The Morgan fingerprint density at radius 3 is 2.67 bits per heavy atom. The standard InChI is InChI=1S/C13H14ClNO5S/c14-11-4-2-1-3-10(11)13(17)20-7-12(16)15-9-5-6-21(18,19)8-9/h1-4,9H,5-8H2,(H,15,16)/t9-/m1/s1. The fraction of sp³-hybridized carbons (Fsp3) is 0.385. The molecule has 0 spiro atoms. The summed E-state index contributed by atoms with van der Waals surface area (Å²) in [7, 11) is -3.06. The lowest BCUT2D eigenvalue weighted by Gasteiger charge is -2.11. The molecule has 21 heavy (non-hydrogen) atoms. The number of rotatable bonds is 4. The zero-order chi connectivity index (χ0) is 15.5. The van der Waals surface area contributed by atoms with E-state index < -0.39 is 34.4 Å². The van der Waals surface area contributed by atoms with Gasteiger partial charge in [0, 0.05) is 6.04 Å². The Labute approximate surface area is 127 Å². The molecule has 1 saturated heterocycles. The summed E-state index contributed by atoms with van der Waals surface area (Å²) >= 11 is 5.84. The molecule has 1 aliphatic rings. The molecule has 8 heteroatoms. The third kappa shape index (κ3) is 4.44. The minimum absolute atomic E-state index is 0.0668. The van der Waals surface area contributed by atoms with Crippen molar-refractivity contribution in [3.63, 3.8) is 0 Å². The smallest absolute Gasteiger partial charge is 0.340 e. The Morgan fingerprint density at radius 1 is 1.33 bits per heavy atom. The molecule has 0 saturated carbocycles. The van der Waals surface area contributed by atoms with Crippen LogP contribution < -0.4 is 5.32 Å². The number of halogens is 1. The fourth-order valence-corrected chi connectivity index (χ4v) is 3.90. The van der Waals surface area contributed by atoms with E-state index in [1.54, 1.807) is 18.2 Å². The molecule has 0 unspecified atom stereocenters. The first kappa shape index (κ1) is 15.8. The van der Waals surface area contributed by atoms with E-state index in [2.05, 4.69) is 5.32 Å². The van der Waals surface area contributed by atoms with Crippen molar-refractivity contribution in [3.8, 4) is 0 Å². The molecule has 1 aliphatic heterocycles. The largest absolute Gasteiger partial charge is 0.452 e. The molecule has 0 radical (unpaired) electrons. The molecule has 1 N–H and O–H groups in total. The number of carbonyl (C=O) groups excluding carboxylic acids is 2. The summed E-state index contributed by atoms with van der Waals surface area (Å²) < 4.78 is 27.4. The highest BCUT2D eigenvalue weighted by Gasteiger charge is 2.29. The van der Waals surface area contributed by atoms with Gasteiger partial charge in [-0.15, -0.1) is 0 Å². The van der Waals surface area contributed by atoms with E-state index >= 15 is 0 Å². The lowest BCUT2D eigenvalue weighted by molar-refractivity contribution is -0.124. The number of ether oxygens (including phenoxy) is 1. The van der Waals surface area contributed by atoms with Crippen LogP contribution in [0.1, 0.15) is 16.8 Å². The van der Waals surface area contributed by atoms with Crippen LogP contribution in [-0.2, 0) is 19.4 Å². The predicted octanol–water partition coefficient (Wildman–Crippen LogP) is 0.800. The quantitative estimate of drug-likeness (QED) is 0.824. The molecule has 1 heterocycles. The predicted molar refractivity (Wildman–Crippen MR) is 76.9 cm³/mol. The van der Waals surface area contributed by atoms with Gasteiger partial charge in [-0.1, -0.05) is 23.7 Å². The average Bonchev–Trinajstić information content (AvgIpc) is 2.75. The molecule has 1 amide bonds.